The van der Waals surface area contributed by atoms with Crippen LogP contribution in [0, 0.1) is 0 Å². The molecule has 0 atom stereocenters. The number of hydrogen-bond acceptors (Lipinski definition) is 3. The van der Waals surface area contributed by atoms with Crippen molar-refractivity contribution in [2.45, 2.75) is 24.8 Å². The first-order valence-corrected chi connectivity index (χ1v) is 3.90. The van der Waals surface area contributed by atoms with Crippen molar-refractivity contribution in [3.63, 3.8) is 0 Å². The summed E-state index contributed by atoms with van der Waals surface area (Å²) in [5, 5.41) is 3.18. The Morgan fingerprint density at radius 1 is 1.31 bits per heavy atom. The van der Waals surface area contributed by atoms with E-state index in [1.807, 2.05) is 0 Å². The lowest BCUT2D eigenvalue weighted by Gasteiger charge is -2.32. The molecule has 5 N–H and O–H groups in total. The molecule has 0 aromatic heterocycles. The van der Waals surface area contributed by atoms with Gasteiger partial charge in [0, 0.05) is 12.0 Å². The first kappa shape index (κ1) is 15.4. The van der Waals surface area contributed by atoms with Gasteiger partial charge >= 0.3 is 0 Å². The largest absolute Gasteiger partial charge is 0.370 e. The number of rotatable bonds is 2. The summed E-state index contributed by atoms with van der Waals surface area (Å²) >= 11 is 0. The van der Waals surface area contributed by atoms with Crippen molar-refractivity contribution in [1.29, 1.82) is 0 Å². The molecule has 0 aromatic rings. The van der Waals surface area contributed by atoms with E-state index < -0.39 is 0 Å². The lowest BCUT2D eigenvalue weighted by Crippen LogP contribution is -2.51. The Morgan fingerprint density at radius 2 is 1.77 bits per heavy atom. The second-order valence-electron chi connectivity index (χ2n) is 3.26. The molecule has 1 saturated heterocycles. The minimum Gasteiger partial charge on any atom is -0.370 e. The molecular weight excluding hydrogens is 213 g/mol. The SMILES string of the molecule is Cl.Cl.NC(=O)CC1(N)CCNCC1. The number of amides is 1. The number of carbonyl (C=O) groups is 1. The zero-order valence-electron chi connectivity index (χ0n) is 7.41. The van der Waals surface area contributed by atoms with E-state index in [2.05, 4.69) is 5.32 Å². The standard InChI is InChI=1S/C7H15N3O.2ClH/c8-6(11)5-7(9)1-3-10-4-2-7;;/h10H,1-5,9H2,(H2,8,11);2*1H. The number of piperidine rings is 1. The first-order chi connectivity index (χ1) is 5.12. The molecular formula is C7H17Cl2N3O. The van der Waals surface area contributed by atoms with Gasteiger partial charge in [-0.25, -0.2) is 0 Å². The van der Waals surface area contributed by atoms with Gasteiger partial charge in [0.1, 0.15) is 0 Å². The van der Waals surface area contributed by atoms with Crippen molar-refractivity contribution in [3.8, 4) is 0 Å². The van der Waals surface area contributed by atoms with Crippen LogP contribution in [0.1, 0.15) is 19.3 Å². The van der Waals surface area contributed by atoms with Crippen LogP contribution >= 0.6 is 24.8 Å². The number of carbonyl (C=O) groups excluding carboxylic acids is 1. The number of halogens is 2. The molecule has 80 valence electrons. The van der Waals surface area contributed by atoms with Crippen LogP contribution in [0.5, 0.6) is 0 Å². The Labute approximate surface area is 90.6 Å². The van der Waals surface area contributed by atoms with Crippen molar-refractivity contribution in [2.75, 3.05) is 13.1 Å². The highest BCUT2D eigenvalue weighted by Crippen LogP contribution is 2.18. The van der Waals surface area contributed by atoms with Crippen LogP contribution in [0.15, 0.2) is 0 Å². The van der Waals surface area contributed by atoms with Crippen LogP contribution in [0.3, 0.4) is 0 Å². The highest BCUT2D eigenvalue weighted by atomic mass is 35.5. The maximum Gasteiger partial charge on any atom is 0.219 e. The molecule has 4 nitrogen and oxygen atoms in total. The molecule has 1 heterocycles. The third kappa shape index (κ3) is 5.31. The van der Waals surface area contributed by atoms with E-state index in [0.29, 0.717) is 6.42 Å². The third-order valence-electron chi connectivity index (χ3n) is 2.13. The third-order valence-corrected chi connectivity index (χ3v) is 2.13. The summed E-state index contributed by atoms with van der Waals surface area (Å²) in [4.78, 5) is 10.6. The molecule has 0 bridgehead atoms. The molecule has 0 radical (unpaired) electrons. The molecule has 1 rings (SSSR count). The Hall–Kier alpha value is -0.0300. The van der Waals surface area contributed by atoms with Crippen molar-refractivity contribution in [1.82, 2.24) is 5.32 Å². The monoisotopic (exact) mass is 229 g/mol. The fourth-order valence-corrected chi connectivity index (χ4v) is 1.45. The van der Waals surface area contributed by atoms with Crippen LogP contribution in [0.4, 0.5) is 0 Å². The molecule has 13 heavy (non-hydrogen) atoms. The smallest absolute Gasteiger partial charge is 0.219 e. The fourth-order valence-electron chi connectivity index (χ4n) is 1.45. The molecule has 1 aliphatic heterocycles. The quantitative estimate of drug-likeness (QED) is 0.613. The topological polar surface area (TPSA) is 81.1 Å². The summed E-state index contributed by atoms with van der Waals surface area (Å²) in [6.07, 6.45) is 2.00. The normalized spacial score (nSPS) is 19.5. The summed E-state index contributed by atoms with van der Waals surface area (Å²) in [7, 11) is 0. The molecule has 0 spiro atoms. The van der Waals surface area contributed by atoms with Crippen LogP contribution in [-0.4, -0.2) is 24.5 Å². The Balaban J connectivity index is 0. The second kappa shape index (κ2) is 6.43. The van der Waals surface area contributed by atoms with E-state index in [1.165, 1.54) is 0 Å². The number of hydrogen-bond donors (Lipinski definition) is 3. The van der Waals surface area contributed by atoms with Crippen molar-refractivity contribution in [2.24, 2.45) is 11.5 Å². The van der Waals surface area contributed by atoms with Gasteiger partial charge in [-0.15, -0.1) is 24.8 Å². The summed E-state index contributed by atoms with van der Waals surface area (Å²) in [5.41, 5.74) is 10.7. The lowest BCUT2D eigenvalue weighted by molar-refractivity contribution is -0.119. The van der Waals surface area contributed by atoms with E-state index in [9.17, 15) is 4.79 Å². The molecule has 0 aromatic carbocycles. The molecule has 1 aliphatic rings. The predicted molar refractivity (Wildman–Crippen MR) is 57.3 cm³/mol. The zero-order valence-corrected chi connectivity index (χ0v) is 9.05. The Bertz CT molecular complexity index is 160. The highest BCUT2D eigenvalue weighted by Gasteiger charge is 2.28. The van der Waals surface area contributed by atoms with Gasteiger partial charge in [0.25, 0.3) is 0 Å². The Kier molecular flexibility index (Phi) is 7.64. The van der Waals surface area contributed by atoms with Gasteiger partial charge in [0.2, 0.25) is 5.91 Å². The maximum atomic E-state index is 10.6. The van der Waals surface area contributed by atoms with Gasteiger partial charge in [-0.05, 0) is 25.9 Å². The van der Waals surface area contributed by atoms with Gasteiger partial charge in [-0.2, -0.15) is 0 Å². The van der Waals surface area contributed by atoms with Gasteiger partial charge in [0.05, 0.1) is 0 Å². The van der Waals surface area contributed by atoms with Gasteiger partial charge in [-0.3, -0.25) is 4.79 Å². The van der Waals surface area contributed by atoms with Gasteiger partial charge < -0.3 is 16.8 Å². The van der Waals surface area contributed by atoms with E-state index >= 15 is 0 Å². The molecule has 0 aliphatic carbocycles. The summed E-state index contributed by atoms with van der Waals surface area (Å²) in [6, 6.07) is 0. The maximum absolute atomic E-state index is 10.6. The van der Waals surface area contributed by atoms with E-state index in [0.717, 1.165) is 25.9 Å². The van der Waals surface area contributed by atoms with Gasteiger partial charge in [-0.1, -0.05) is 0 Å². The van der Waals surface area contributed by atoms with Crippen molar-refractivity contribution < 1.29 is 4.79 Å². The number of primary amides is 1. The number of nitrogens with one attached hydrogen (secondary N) is 1. The van der Waals surface area contributed by atoms with Crippen LogP contribution < -0.4 is 16.8 Å². The highest BCUT2D eigenvalue weighted by molar-refractivity contribution is 5.85. The van der Waals surface area contributed by atoms with Crippen molar-refractivity contribution in [3.05, 3.63) is 0 Å². The van der Waals surface area contributed by atoms with E-state index in [-0.39, 0.29) is 36.3 Å². The summed E-state index contributed by atoms with van der Waals surface area (Å²) in [6.45, 7) is 1.79. The van der Waals surface area contributed by atoms with E-state index in [1.54, 1.807) is 0 Å². The van der Waals surface area contributed by atoms with Crippen molar-refractivity contribution >= 4 is 30.7 Å². The molecule has 1 amide bonds. The predicted octanol–water partition coefficient (Wildman–Crippen LogP) is -0.214. The van der Waals surface area contributed by atoms with Crippen LogP contribution in [-0.2, 0) is 4.79 Å². The average molecular weight is 230 g/mol. The second-order valence-corrected chi connectivity index (χ2v) is 3.26. The first-order valence-electron chi connectivity index (χ1n) is 3.90. The lowest BCUT2D eigenvalue weighted by atomic mass is 9.86. The molecule has 0 unspecified atom stereocenters. The zero-order chi connectivity index (χ0) is 8.32. The van der Waals surface area contributed by atoms with Gasteiger partial charge in [0.15, 0.2) is 0 Å². The molecule has 0 saturated carbocycles. The Morgan fingerprint density at radius 3 is 2.15 bits per heavy atom. The number of nitrogens with two attached hydrogens (primary N) is 2. The minimum atomic E-state index is -0.336. The fraction of sp³-hybridized carbons (Fsp3) is 0.857. The van der Waals surface area contributed by atoms with Crippen LogP contribution in [0.25, 0.3) is 0 Å². The van der Waals surface area contributed by atoms with E-state index in [4.69, 9.17) is 11.5 Å². The average Bonchev–Trinajstić information content (AvgIpc) is 1.85. The summed E-state index contributed by atoms with van der Waals surface area (Å²) < 4.78 is 0. The molecule has 1 fully saturated rings. The van der Waals surface area contributed by atoms with Crippen LogP contribution in [0.2, 0.25) is 0 Å². The minimum absolute atomic E-state index is 0. The summed E-state index contributed by atoms with van der Waals surface area (Å²) in [5.74, 6) is -0.297. The molecule has 6 heteroatoms.